The summed E-state index contributed by atoms with van der Waals surface area (Å²) in [5.74, 6) is 0.126. The minimum Gasteiger partial charge on any atom is -0.339 e. The topological polar surface area (TPSA) is 66.6 Å². The van der Waals surface area contributed by atoms with Gasteiger partial charge in [-0.25, -0.2) is 0 Å². The van der Waals surface area contributed by atoms with Gasteiger partial charge in [-0.2, -0.15) is 0 Å². The van der Waals surface area contributed by atoms with Crippen molar-refractivity contribution in [1.29, 1.82) is 0 Å². The molecule has 0 bridgehead atoms. The number of carbonyl (C=O) groups excluding carboxylic acids is 2. The summed E-state index contributed by atoms with van der Waals surface area (Å²) in [5, 5.41) is 0. The van der Waals surface area contributed by atoms with Gasteiger partial charge in [0.25, 0.3) is 0 Å². The highest BCUT2D eigenvalue weighted by Crippen LogP contribution is 2.27. The summed E-state index contributed by atoms with van der Waals surface area (Å²) in [6.07, 6.45) is 5.49. The van der Waals surface area contributed by atoms with Gasteiger partial charge < -0.3 is 15.5 Å². The number of rotatable bonds is 5. The van der Waals surface area contributed by atoms with Crippen molar-refractivity contribution in [2.24, 2.45) is 11.7 Å². The molecule has 2 heterocycles. The van der Waals surface area contributed by atoms with Gasteiger partial charge in [0, 0.05) is 38.1 Å². The van der Waals surface area contributed by atoms with Crippen LogP contribution in [0, 0.1) is 5.92 Å². The Morgan fingerprint density at radius 3 is 2.59 bits per heavy atom. The Morgan fingerprint density at radius 2 is 2.00 bits per heavy atom. The number of piperidine rings is 1. The fourth-order valence-electron chi connectivity index (χ4n) is 3.75. The molecule has 0 radical (unpaired) electrons. The van der Waals surface area contributed by atoms with E-state index in [-0.39, 0.29) is 42.2 Å². The minimum absolute atomic E-state index is 0. The third-order valence-corrected chi connectivity index (χ3v) is 5.07. The van der Waals surface area contributed by atoms with E-state index in [1.807, 2.05) is 9.80 Å². The van der Waals surface area contributed by atoms with E-state index in [0.717, 1.165) is 38.6 Å². The number of halogens is 1. The lowest BCUT2D eigenvalue weighted by molar-refractivity contribution is -0.139. The molecule has 2 rings (SSSR count). The van der Waals surface area contributed by atoms with Crippen molar-refractivity contribution >= 4 is 24.2 Å². The van der Waals surface area contributed by atoms with Crippen molar-refractivity contribution in [3.63, 3.8) is 0 Å². The number of likely N-dealkylation sites (tertiary alicyclic amines) is 2. The molecule has 0 saturated carbocycles. The summed E-state index contributed by atoms with van der Waals surface area (Å²) in [7, 11) is 0. The van der Waals surface area contributed by atoms with Crippen molar-refractivity contribution in [2.45, 2.75) is 64.5 Å². The van der Waals surface area contributed by atoms with E-state index >= 15 is 0 Å². The molecule has 128 valence electrons. The van der Waals surface area contributed by atoms with Crippen LogP contribution in [-0.2, 0) is 9.59 Å². The maximum Gasteiger partial charge on any atom is 0.228 e. The molecule has 5 nitrogen and oxygen atoms in total. The van der Waals surface area contributed by atoms with E-state index in [1.165, 1.54) is 0 Å². The lowest BCUT2D eigenvalue weighted by atomic mass is 9.98. The molecule has 0 aromatic rings. The molecule has 6 heteroatoms. The Bertz CT molecular complexity index is 388. The molecular weight excluding hydrogens is 302 g/mol. The monoisotopic (exact) mass is 331 g/mol. The van der Waals surface area contributed by atoms with Gasteiger partial charge in [0.05, 0.1) is 5.92 Å². The first-order valence-corrected chi connectivity index (χ1v) is 8.42. The summed E-state index contributed by atoms with van der Waals surface area (Å²) in [5.41, 5.74) is 5.80. The molecule has 2 N–H and O–H groups in total. The number of carbonyl (C=O) groups is 2. The van der Waals surface area contributed by atoms with Gasteiger partial charge in [0.1, 0.15) is 0 Å². The molecule has 0 aromatic carbocycles. The fourth-order valence-corrected chi connectivity index (χ4v) is 3.75. The summed E-state index contributed by atoms with van der Waals surface area (Å²) in [6.45, 7) is 6.13. The zero-order valence-electron chi connectivity index (χ0n) is 13.8. The molecule has 2 aliphatic heterocycles. The number of amides is 2. The molecule has 22 heavy (non-hydrogen) atoms. The zero-order chi connectivity index (χ0) is 15.4. The molecule has 2 saturated heterocycles. The van der Waals surface area contributed by atoms with Crippen LogP contribution in [-0.4, -0.2) is 53.3 Å². The normalized spacial score (nSPS) is 25.5. The summed E-state index contributed by atoms with van der Waals surface area (Å²) < 4.78 is 0. The lowest BCUT2D eigenvalue weighted by Gasteiger charge is -2.36. The summed E-state index contributed by atoms with van der Waals surface area (Å²) in [4.78, 5) is 28.8. The van der Waals surface area contributed by atoms with Gasteiger partial charge in [-0.15, -0.1) is 12.4 Å². The lowest BCUT2D eigenvalue weighted by Crippen LogP contribution is -2.50. The average molecular weight is 332 g/mol. The Morgan fingerprint density at radius 1 is 1.32 bits per heavy atom. The van der Waals surface area contributed by atoms with Gasteiger partial charge in [-0.3, -0.25) is 9.59 Å². The van der Waals surface area contributed by atoms with Crippen molar-refractivity contribution in [1.82, 2.24) is 9.80 Å². The first-order valence-electron chi connectivity index (χ1n) is 8.42. The van der Waals surface area contributed by atoms with Gasteiger partial charge in [0.2, 0.25) is 11.8 Å². The van der Waals surface area contributed by atoms with Crippen LogP contribution in [0.2, 0.25) is 0 Å². The SMILES string of the molecule is CCC(CC)N1CC(C(=O)N2CCCCC2CN)CC1=O.Cl. The smallest absolute Gasteiger partial charge is 0.228 e. The highest BCUT2D eigenvalue weighted by molar-refractivity contribution is 5.89. The van der Waals surface area contributed by atoms with E-state index in [1.54, 1.807) is 0 Å². The van der Waals surface area contributed by atoms with E-state index in [9.17, 15) is 9.59 Å². The minimum atomic E-state index is -0.162. The van der Waals surface area contributed by atoms with E-state index in [0.29, 0.717) is 19.5 Å². The Hall–Kier alpha value is -0.810. The Kier molecular flexibility index (Phi) is 7.63. The number of hydrogen-bond donors (Lipinski definition) is 1. The molecule has 0 spiro atoms. The number of nitrogens with zero attached hydrogens (tertiary/aromatic N) is 2. The van der Waals surface area contributed by atoms with Gasteiger partial charge >= 0.3 is 0 Å². The zero-order valence-corrected chi connectivity index (χ0v) is 14.6. The molecule has 2 amide bonds. The standard InChI is InChI=1S/C16H29N3O2.ClH/c1-3-13(4-2)19-11-12(9-15(19)20)16(21)18-8-6-5-7-14(18)10-17;/h12-14H,3-11,17H2,1-2H3;1H. The van der Waals surface area contributed by atoms with Crippen LogP contribution in [0.4, 0.5) is 0 Å². The molecule has 2 unspecified atom stereocenters. The second-order valence-corrected chi connectivity index (χ2v) is 6.33. The van der Waals surface area contributed by atoms with Gasteiger partial charge in [-0.05, 0) is 32.1 Å². The first kappa shape index (κ1) is 19.2. The van der Waals surface area contributed by atoms with Crippen molar-refractivity contribution < 1.29 is 9.59 Å². The average Bonchev–Trinajstić information content (AvgIpc) is 2.90. The summed E-state index contributed by atoms with van der Waals surface area (Å²) >= 11 is 0. The molecule has 2 aliphatic rings. The highest BCUT2D eigenvalue weighted by atomic mass is 35.5. The third kappa shape index (κ3) is 3.93. The van der Waals surface area contributed by atoms with Crippen molar-refractivity contribution in [3.8, 4) is 0 Å². The quantitative estimate of drug-likeness (QED) is 0.835. The van der Waals surface area contributed by atoms with E-state index in [4.69, 9.17) is 5.73 Å². The van der Waals surface area contributed by atoms with Crippen LogP contribution in [0.3, 0.4) is 0 Å². The van der Waals surface area contributed by atoms with Crippen molar-refractivity contribution in [3.05, 3.63) is 0 Å². The van der Waals surface area contributed by atoms with Crippen LogP contribution in [0.5, 0.6) is 0 Å². The van der Waals surface area contributed by atoms with Crippen molar-refractivity contribution in [2.75, 3.05) is 19.6 Å². The second kappa shape index (κ2) is 8.73. The maximum atomic E-state index is 12.8. The predicted octanol–water partition coefficient (Wildman–Crippen LogP) is 1.79. The van der Waals surface area contributed by atoms with Crippen LogP contribution in [0.15, 0.2) is 0 Å². The summed E-state index contributed by atoms with van der Waals surface area (Å²) in [6, 6.07) is 0.450. The molecule has 2 fully saturated rings. The molecular formula is C16H30ClN3O2. The third-order valence-electron chi connectivity index (χ3n) is 5.07. The maximum absolute atomic E-state index is 12.8. The predicted molar refractivity (Wildman–Crippen MR) is 89.8 cm³/mol. The molecule has 0 aliphatic carbocycles. The van der Waals surface area contributed by atoms with E-state index in [2.05, 4.69) is 13.8 Å². The van der Waals surface area contributed by atoms with Crippen LogP contribution in [0.25, 0.3) is 0 Å². The van der Waals surface area contributed by atoms with Crippen LogP contribution in [0.1, 0.15) is 52.4 Å². The largest absolute Gasteiger partial charge is 0.339 e. The Labute approximate surface area is 140 Å². The van der Waals surface area contributed by atoms with Gasteiger partial charge in [0.15, 0.2) is 0 Å². The van der Waals surface area contributed by atoms with Crippen LogP contribution < -0.4 is 5.73 Å². The van der Waals surface area contributed by atoms with Crippen LogP contribution >= 0.6 is 12.4 Å². The first-order chi connectivity index (χ1) is 10.1. The van der Waals surface area contributed by atoms with E-state index < -0.39 is 0 Å². The highest BCUT2D eigenvalue weighted by Gasteiger charge is 2.40. The second-order valence-electron chi connectivity index (χ2n) is 6.33. The fraction of sp³-hybridized carbons (Fsp3) is 0.875. The number of nitrogens with two attached hydrogens (primary N) is 1. The molecule has 2 atom stereocenters. The molecule has 0 aromatic heterocycles. The Balaban J connectivity index is 0.00000242. The van der Waals surface area contributed by atoms with Gasteiger partial charge in [-0.1, -0.05) is 13.8 Å². The number of hydrogen-bond acceptors (Lipinski definition) is 3.